The Labute approximate surface area is 216 Å². The summed E-state index contributed by atoms with van der Waals surface area (Å²) >= 11 is 0. The van der Waals surface area contributed by atoms with E-state index in [0.717, 1.165) is 48.1 Å². The molecular formula is C26H36N8O3. The number of hydrogen-bond donors (Lipinski definition) is 3. The van der Waals surface area contributed by atoms with Crippen LogP contribution in [-0.2, 0) is 11.3 Å². The molecule has 11 nitrogen and oxygen atoms in total. The van der Waals surface area contributed by atoms with Gasteiger partial charge < -0.3 is 20.2 Å². The van der Waals surface area contributed by atoms with Crippen LogP contribution in [0.25, 0.3) is 22.2 Å². The molecule has 1 amide bonds. The molecule has 3 N–H and O–H groups in total. The van der Waals surface area contributed by atoms with Gasteiger partial charge in [0.2, 0.25) is 0 Å². The average Bonchev–Trinajstić information content (AvgIpc) is 3.60. The van der Waals surface area contributed by atoms with Gasteiger partial charge in [0.05, 0.1) is 18.3 Å². The number of carbonyl (C=O) groups is 2. The summed E-state index contributed by atoms with van der Waals surface area (Å²) in [5.74, 6) is -0.0865. The van der Waals surface area contributed by atoms with Crippen molar-refractivity contribution in [1.29, 1.82) is 0 Å². The van der Waals surface area contributed by atoms with E-state index in [0.29, 0.717) is 17.8 Å². The molecule has 3 aliphatic rings. The third-order valence-corrected chi connectivity index (χ3v) is 8.14. The zero-order valence-corrected chi connectivity index (χ0v) is 21.3. The summed E-state index contributed by atoms with van der Waals surface area (Å²) in [5.41, 5.74) is 3.12. The Bertz CT molecular complexity index is 1200. The summed E-state index contributed by atoms with van der Waals surface area (Å²) in [4.78, 5) is 26.4. The number of nitrogens with one attached hydrogen (secondary N) is 2. The number of aromatic amines is 1. The lowest BCUT2D eigenvalue weighted by molar-refractivity contribution is -0.122. The Hall–Kier alpha value is -3.31. The van der Waals surface area contributed by atoms with Crippen LogP contribution >= 0.6 is 0 Å². The highest BCUT2D eigenvalue weighted by Crippen LogP contribution is 2.34. The maximum atomic E-state index is 13.0. The molecule has 0 saturated carbocycles. The van der Waals surface area contributed by atoms with E-state index in [9.17, 15) is 4.79 Å². The molecule has 198 valence electrons. The molecule has 2 aromatic heterocycles. The van der Waals surface area contributed by atoms with Crippen LogP contribution in [0.1, 0.15) is 55.4 Å². The minimum atomic E-state index is -0.250. The third kappa shape index (κ3) is 5.67. The first-order valence-electron chi connectivity index (χ1n) is 13.3. The lowest BCUT2D eigenvalue weighted by atomic mass is 9.98. The Morgan fingerprint density at radius 1 is 1.16 bits per heavy atom. The van der Waals surface area contributed by atoms with Crippen LogP contribution in [0.5, 0.6) is 0 Å². The zero-order valence-electron chi connectivity index (χ0n) is 21.3. The number of likely N-dealkylation sites (tertiary alicyclic amines) is 1. The first-order valence-corrected chi connectivity index (χ1v) is 13.3. The molecule has 2 atom stereocenters. The minimum absolute atomic E-state index is 0.0865. The van der Waals surface area contributed by atoms with Crippen LogP contribution in [0.2, 0.25) is 0 Å². The second-order valence-corrected chi connectivity index (χ2v) is 10.4. The summed E-state index contributed by atoms with van der Waals surface area (Å²) < 4.78 is 1.93. The molecule has 2 unspecified atom stereocenters. The highest BCUT2D eigenvalue weighted by atomic mass is 16.3. The molecule has 37 heavy (non-hydrogen) atoms. The zero-order chi connectivity index (χ0) is 25.8. The third-order valence-electron chi connectivity index (χ3n) is 8.14. The van der Waals surface area contributed by atoms with Gasteiger partial charge >= 0.3 is 0 Å². The van der Waals surface area contributed by atoms with E-state index >= 15 is 0 Å². The van der Waals surface area contributed by atoms with E-state index in [1.54, 1.807) is 0 Å². The molecule has 1 aromatic carbocycles. The van der Waals surface area contributed by atoms with Crippen LogP contribution in [0, 0.1) is 0 Å². The number of fused-ring (bicyclic) bond motifs is 3. The van der Waals surface area contributed by atoms with Crippen molar-refractivity contribution in [3.63, 3.8) is 0 Å². The normalized spacial score (nSPS) is 24.0. The molecule has 3 fully saturated rings. The van der Waals surface area contributed by atoms with Crippen molar-refractivity contribution in [3.8, 4) is 11.3 Å². The number of aromatic nitrogens is 5. The number of carbonyl (C=O) groups excluding carboxylic acids is 1. The summed E-state index contributed by atoms with van der Waals surface area (Å²) in [6.07, 6.45) is 10.5. The fourth-order valence-electron chi connectivity index (χ4n) is 6.10. The Kier molecular flexibility index (Phi) is 7.80. The van der Waals surface area contributed by atoms with Crippen molar-refractivity contribution in [3.05, 3.63) is 30.1 Å². The van der Waals surface area contributed by atoms with Gasteiger partial charge in [-0.25, -0.2) is 0 Å². The molecule has 0 aliphatic carbocycles. The number of rotatable bonds is 6. The van der Waals surface area contributed by atoms with E-state index in [-0.39, 0.29) is 18.4 Å². The molecule has 3 aliphatic heterocycles. The summed E-state index contributed by atoms with van der Waals surface area (Å²) in [7, 11) is 2.21. The van der Waals surface area contributed by atoms with Crippen molar-refractivity contribution in [2.24, 2.45) is 0 Å². The van der Waals surface area contributed by atoms with Gasteiger partial charge in [0.15, 0.2) is 5.69 Å². The monoisotopic (exact) mass is 508 g/mol. The topological polar surface area (TPSA) is 132 Å². The predicted molar refractivity (Wildman–Crippen MR) is 139 cm³/mol. The number of amides is 1. The quantitative estimate of drug-likeness (QED) is 0.433. The van der Waals surface area contributed by atoms with E-state index in [4.69, 9.17) is 9.90 Å². The van der Waals surface area contributed by atoms with Crippen molar-refractivity contribution >= 4 is 23.3 Å². The second kappa shape index (κ2) is 11.4. The van der Waals surface area contributed by atoms with Crippen LogP contribution in [0.15, 0.2) is 24.4 Å². The number of hydrogen-bond acceptors (Lipinski definition) is 7. The van der Waals surface area contributed by atoms with Gasteiger partial charge in [0, 0.05) is 35.6 Å². The summed E-state index contributed by atoms with van der Waals surface area (Å²) in [6.45, 7) is 3.99. The first kappa shape index (κ1) is 25.3. The molecule has 6 rings (SSSR count). The summed E-state index contributed by atoms with van der Waals surface area (Å²) in [5, 5.41) is 27.1. The maximum absolute atomic E-state index is 13.0. The SMILES string of the molecule is CN1C2CCC1CC(NC(=O)c1n[nH]c3cc(-c4cn(CCN5CCCCC5)nn4)ccc13)C2.O=CO. The Morgan fingerprint density at radius 3 is 2.62 bits per heavy atom. The van der Waals surface area contributed by atoms with Gasteiger partial charge in [-0.05, 0) is 70.8 Å². The van der Waals surface area contributed by atoms with Crippen LogP contribution in [0.3, 0.4) is 0 Å². The van der Waals surface area contributed by atoms with E-state index < -0.39 is 0 Å². The summed E-state index contributed by atoms with van der Waals surface area (Å²) in [6, 6.07) is 7.39. The van der Waals surface area contributed by atoms with Gasteiger partial charge in [-0.2, -0.15) is 5.10 Å². The largest absolute Gasteiger partial charge is 0.483 e. The van der Waals surface area contributed by atoms with Crippen molar-refractivity contribution in [2.45, 2.75) is 69.6 Å². The molecular weight excluding hydrogens is 472 g/mol. The Balaban J connectivity index is 0.000000892. The number of piperidine rings is 2. The number of H-pyrrole nitrogens is 1. The van der Waals surface area contributed by atoms with Crippen LogP contribution in [0.4, 0.5) is 0 Å². The first-order chi connectivity index (χ1) is 18.1. The minimum Gasteiger partial charge on any atom is -0.483 e. The van der Waals surface area contributed by atoms with Crippen molar-refractivity contribution < 1.29 is 14.7 Å². The molecule has 11 heteroatoms. The van der Waals surface area contributed by atoms with Gasteiger partial charge in [-0.1, -0.05) is 17.7 Å². The molecule has 2 bridgehead atoms. The molecule has 5 heterocycles. The lowest BCUT2D eigenvalue weighted by Crippen LogP contribution is -2.48. The van der Waals surface area contributed by atoms with E-state index in [2.05, 4.69) is 42.7 Å². The Morgan fingerprint density at radius 2 is 1.89 bits per heavy atom. The van der Waals surface area contributed by atoms with Crippen molar-refractivity contribution in [2.75, 3.05) is 26.7 Å². The number of nitrogens with zero attached hydrogens (tertiary/aromatic N) is 6. The molecule has 3 aromatic rings. The number of carboxylic acid groups (broad SMARTS) is 1. The predicted octanol–water partition coefficient (Wildman–Crippen LogP) is 2.36. The van der Waals surface area contributed by atoms with Gasteiger partial charge in [-0.3, -0.25) is 19.4 Å². The van der Waals surface area contributed by atoms with Gasteiger partial charge in [-0.15, -0.1) is 5.10 Å². The number of benzene rings is 1. The molecule has 3 saturated heterocycles. The average molecular weight is 509 g/mol. The fraction of sp³-hybridized carbons (Fsp3) is 0.577. The lowest BCUT2D eigenvalue weighted by Gasteiger charge is -2.36. The van der Waals surface area contributed by atoms with E-state index in [1.807, 2.05) is 29.1 Å². The maximum Gasteiger partial charge on any atom is 0.290 e. The van der Waals surface area contributed by atoms with Crippen molar-refractivity contribution in [1.82, 2.24) is 40.3 Å². The van der Waals surface area contributed by atoms with Gasteiger partial charge in [0.1, 0.15) is 5.69 Å². The van der Waals surface area contributed by atoms with Gasteiger partial charge in [0.25, 0.3) is 12.4 Å². The highest BCUT2D eigenvalue weighted by Gasteiger charge is 2.39. The molecule has 0 radical (unpaired) electrons. The van der Waals surface area contributed by atoms with Crippen LogP contribution in [-0.4, -0.2) is 97.3 Å². The standard InChI is InChI=1S/C25H34N8O.CH2O2/c1-31-19-6-7-20(31)15-18(14-19)26-25(34)24-21-8-5-17(13-22(21)27-29-24)23-16-33(30-28-23)12-11-32-9-3-2-4-10-32;2-1-3/h5,8,13,16,18-20H,2-4,6-7,9-12,14-15H2,1H3,(H,26,34)(H,27,29);1H,(H,2,3). The molecule has 0 spiro atoms. The fourth-order valence-corrected chi connectivity index (χ4v) is 6.10. The van der Waals surface area contributed by atoms with Crippen LogP contribution < -0.4 is 5.32 Å². The smallest absolute Gasteiger partial charge is 0.290 e. The second-order valence-electron chi connectivity index (χ2n) is 10.4. The van der Waals surface area contributed by atoms with E-state index in [1.165, 1.54) is 45.2 Å². The highest BCUT2D eigenvalue weighted by molar-refractivity contribution is 6.05.